The summed E-state index contributed by atoms with van der Waals surface area (Å²) in [5, 5.41) is 2.13. The van der Waals surface area contributed by atoms with Crippen LogP contribution in [0.1, 0.15) is 28.0 Å². The Morgan fingerprint density at radius 2 is 2.00 bits per heavy atom. The average Bonchev–Trinajstić information content (AvgIpc) is 3.28. The molecule has 3 aromatic rings. The van der Waals surface area contributed by atoms with Crippen LogP contribution in [0, 0.1) is 0 Å². The van der Waals surface area contributed by atoms with Crippen LogP contribution in [0.2, 0.25) is 0 Å². The molecule has 10 nitrogen and oxygen atoms in total. The van der Waals surface area contributed by atoms with Crippen LogP contribution in [0.5, 0.6) is 5.75 Å². The normalized spacial score (nSPS) is 16.1. The number of rotatable bonds is 8. The Hall–Kier alpha value is -2.80. The second kappa shape index (κ2) is 8.86. The fourth-order valence-corrected chi connectivity index (χ4v) is 5.27. The molecular weight excluding hydrogens is 468 g/mol. The van der Waals surface area contributed by atoms with Crippen LogP contribution in [0.15, 0.2) is 34.4 Å². The molecule has 176 valence electrons. The molecule has 1 amide bonds. The second-order valence-corrected chi connectivity index (χ2v) is 10.4. The maximum Gasteiger partial charge on any atom is 0.293 e. The summed E-state index contributed by atoms with van der Waals surface area (Å²) in [6.45, 7) is 0.189. The second-order valence-electron chi connectivity index (χ2n) is 7.92. The van der Waals surface area contributed by atoms with Crippen LogP contribution in [0.3, 0.4) is 0 Å². The first-order valence-corrected chi connectivity index (χ1v) is 12.8. The number of ether oxygens (including phenoxy) is 1. The lowest BCUT2D eigenvalue weighted by molar-refractivity contribution is 0.0325. The number of benzene rings is 1. The van der Waals surface area contributed by atoms with Crippen LogP contribution in [0.4, 0.5) is 0 Å². The number of thiophene rings is 1. The van der Waals surface area contributed by atoms with Crippen molar-refractivity contribution >= 4 is 37.6 Å². The number of fused-ring (bicyclic) bond motifs is 2. The molecule has 1 atom stereocenters. The third-order valence-electron chi connectivity index (χ3n) is 5.30. The molecule has 0 bridgehead atoms. The van der Waals surface area contributed by atoms with Gasteiger partial charge in [0.25, 0.3) is 21.6 Å². The molecule has 1 aliphatic heterocycles. The number of hydrogen-bond acceptors (Lipinski definition) is 9. The van der Waals surface area contributed by atoms with E-state index in [1.807, 2.05) is 24.3 Å². The summed E-state index contributed by atoms with van der Waals surface area (Å²) in [4.78, 5) is 35.2. The number of aromatic nitrogens is 2. The Bertz CT molecular complexity index is 1380. The number of carbonyl (C=O) groups excluding carboxylic acids is 1. The van der Waals surface area contributed by atoms with Gasteiger partial charge in [0.2, 0.25) is 5.82 Å². The van der Waals surface area contributed by atoms with Crippen molar-refractivity contribution in [3.8, 4) is 5.75 Å². The number of nitrogens with zero attached hydrogens (tertiary/aromatic N) is 4. The largest absolute Gasteiger partial charge is 0.497 e. The molecule has 0 aliphatic carbocycles. The first kappa shape index (κ1) is 23.4. The molecule has 0 fully saturated rings. The van der Waals surface area contributed by atoms with Gasteiger partial charge in [0.05, 0.1) is 25.4 Å². The predicted molar refractivity (Wildman–Crippen MR) is 124 cm³/mol. The lowest BCUT2D eigenvalue weighted by Crippen LogP contribution is -2.40. The van der Waals surface area contributed by atoms with Crippen LogP contribution in [-0.2, 0) is 27.3 Å². The lowest BCUT2D eigenvalue weighted by atomic mass is 10.2. The highest BCUT2D eigenvalue weighted by Gasteiger charge is 2.41. The van der Waals surface area contributed by atoms with Gasteiger partial charge in [-0.2, -0.15) is 8.42 Å². The number of methoxy groups -OCH3 is 1. The van der Waals surface area contributed by atoms with Gasteiger partial charge in [-0.15, -0.1) is 11.3 Å². The van der Waals surface area contributed by atoms with Crippen molar-refractivity contribution in [1.82, 2.24) is 19.4 Å². The topological polar surface area (TPSA) is 111 Å². The summed E-state index contributed by atoms with van der Waals surface area (Å²) in [6, 6.07) is 7.40. The zero-order chi connectivity index (χ0) is 23.9. The maximum absolute atomic E-state index is 13.6. The molecule has 33 heavy (non-hydrogen) atoms. The first-order valence-electron chi connectivity index (χ1n) is 10.1. The summed E-state index contributed by atoms with van der Waals surface area (Å²) in [5.74, 6) is 0.413. The molecule has 1 aliphatic rings. The van der Waals surface area contributed by atoms with E-state index in [4.69, 9.17) is 8.92 Å². The molecule has 3 heterocycles. The van der Waals surface area contributed by atoms with Gasteiger partial charge in [-0.3, -0.25) is 28.1 Å². The van der Waals surface area contributed by atoms with Gasteiger partial charge in [0, 0.05) is 6.54 Å². The van der Waals surface area contributed by atoms with Crippen LogP contribution in [0.25, 0.3) is 10.2 Å². The minimum absolute atomic E-state index is 0.0786. The monoisotopic (exact) mass is 492 g/mol. The standard InChI is InChI=1S/C21H24N4O6S2/c1-23(2)21-24(11-13-6-5-7-15(10-13)30-3)20(27)17-22-18-16(19(26)25(17)21)14(12-32-18)8-9-31-33(4,28)29/h5-7,10,12,21H,8-9,11H2,1-4H3. The van der Waals surface area contributed by atoms with Crippen molar-refractivity contribution in [2.45, 2.75) is 19.3 Å². The molecule has 0 radical (unpaired) electrons. The third-order valence-corrected chi connectivity index (χ3v) is 6.81. The average molecular weight is 493 g/mol. The molecule has 1 unspecified atom stereocenters. The summed E-state index contributed by atoms with van der Waals surface area (Å²) in [5.41, 5.74) is 1.16. The van der Waals surface area contributed by atoms with E-state index >= 15 is 0 Å². The molecule has 1 aromatic carbocycles. The number of carbonyl (C=O) groups is 1. The summed E-state index contributed by atoms with van der Waals surface area (Å²) >= 11 is 1.24. The van der Waals surface area contributed by atoms with E-state index in [2.05, 4.69) is 4.98 Å². The molecule has 0 N–H and O–H groups in total. The lowest BCUT2D eigenvalue weighted by Gasteiger charge is -2.30. The zero-order valence-corrected chi connectivity index (χ0v) is 20.3. The Balaban J connectivity index is 1.74. The van der Waals surface area contributed by atoms with E-state index < -0.39 is 16.4 Å². The zero-order valence-electron chi connectivity index (χ0n) is 18.6. The minimum atomic E-state index is -3.58. The van der Waals surface area contributed by atoms with Crippen LogP contribution in [-0.4, -0.2) is 67.7 Å². The predicted octanol–water partition coefficient (Wildman–Crippen LogP) is 1.66. The van der Waals surface area contributed by atoms with Crippen molar-refractivity contribution in [2.24, 2.45) is 0 Å². The van der Waals surface area contributed by atoms with E-state index in [0.717, 1.165) is 11.8 Å². The van der Waals surface area contributed by atoms with Gasteiger partial charge in [0.15, 0.2) is 6.29 Å². The number of hydrogen-bond donors (Lipinski definition) is 0. The Morgan fingerprint density at radius 3 is 2.67 bits per heavy atom. The van der Waals surface area contributed by atoms with Gasteiger partial charge >= 0.3 is 0 Å². The maximum atomic E-state index is 13.6. The molecule has 0 saturated carbocycles. The fourth-order valence-electron chi connectivity index (χ4n) is 3.92. The van der Waals surface area contributed by atoms with Crippen molar-refractivity contribution in [3.05, 3.63) is 57.0 Å². The molecule has 2 aromatic heterocycles. The van der Waals surface area contributed by atoms with Crippen LogP contribution < -0.4 is 10.3 Å². The van der Waals surface area contributed by atoms with Crippen molar-refractivity contribution in [3.63, 3.8) is 0 Å². The quantitative estimate of drug-likeness (QED) is 0.437. The number of amides is 1. The third kappa shape index (κ3) is 4.51. The summed E-state index contributed by atoms with van der Waals surface area (Å²) < 4.78 is 34.1. The highest BCUT2D eigenvalue weighted by Crippen LogP contribution is 2.31. The van der Waals surface area contributed by atoms with Crippen molar-refractivity contribution < 1.29 is 22.1 Å². The fraction of sp³-hybridized carbons (Fsp3) is 0.381. The van der Waals surface area contributed by atoms with Crippen molar-refractivity contribution in [1.29, 1.82) is 0 Å². The van der Waals surface area contributed by atoms with Gasteiger partial charge in [0.1, 0.15) is 10.6 Å². The highest BCUT2D eigenvalue weighted by molar-refractivity contribution is 7.85. The van der Waals surface area contributed by atoms with Crippen molar-refractivity contribution in [2.75, 3.05) is 34.1 Å². The van der Waals surface area contributed by atoms with E-state index in [1.165, 1.54) is 15.9 Å². The minimum Gasteiger partial charge on any atom is -0.497 e. The van der Waals surface area contributed by atoms with Crippen LogP contribution >= 0.6 is 11.3 Å². The highest BCUT2D eigenvalue weighted by atomic mass is 32.2. The molecule has 12 heteroatoms. The Morgan fingerprint density at radius 1 is 1.24 bits per heavy atom. The van der Waals surface area contributed by atoms with E-state index in [0.29, 0.717) is 21.5 Å². The summed E-state index contributed by atoms with van der Waals surface area (Å²) in [6.07, 6.45) is 0.548. The van der Waals surface area contributed by atoms with E-state index in [-0.39, 0.29) is 36.9 Å². The van der Waals surface area contributed by atoms with Gasteiger partial charge in [-0.1, -0.05) is 12.1 Å². The molecule has 0 spiro atoms. The molecule has 0 saturated heterocycles. The Labute approximate surface area is 195 Å². The SMILES string of the molecule is COc1cccc(CN2C(=O)c3nc4scc(CCOS(C)(=O)=O)c4c(=O)n3C2N(C)C)c1. The summed E-state index contributed by atoms with van der Waals surface area (Å²) in [7, 11) is 1.57. The van der Waals surface area contributed by atoms with Gasteiger partial charge in [-0.25, -0.2) is 4.98 Å². The molecular formula is C21H24N4O6S2. The van der Waals surface area contributed by atoms with Gasteiger partial charge in [-0.05, 0) is 49.2 Å². The smallest absolute Gasteiger partial charge is 0.293 e. The first-order chi connectivity index (χ1) is 15.6. The van der Waals surface area contributed by atoms with Gasteiger partial charge < -0.3 is 4.74 Å². The Kier molecular flexibility index (Phi) is 6.27. The van der Waals surface area contributed by atoms with E-state index in [9.17, 15) is 18.0 Å². The van der Waals surface area contributed by atoms with E-state index in [1.54, 1.807) is 36.4 Å². The molecule has 4 rings (SSSR count).